The number of carbonyl (C=O) groups is 5. The first-order valence-corrected chi connectivity index (χ1v) is 18.7. The topological polar surface area (TPSA) is 141 Å². The summed E-state index contributed by atoms with van der Waals surface area (Å²) in [5, 5.41) is 0. The lowest BCUT2D eigenvalue weighted by atomic mass is 9.47. The largest absolute Gasteiger partial charge is 0.459 e. The maximum Gasteiger partial charge on any atom is 0.338 e. The van der Waals surface area contributed by atoms with Gasteiger partial charge in [-0.25, -0.2) is 19.2 Å². The Balaban J connectivity index is 1.46. The molecule has 0 radical (unpaired) electrons. The highest BCUT2D eigenvalue weighted by Gasteiger charge is 2.84. The van der Waals surface area contributed by atoms with E-state index in [0.717, 1.165) is 0 Å². The summed E-state index contributed by atoms with van der Waals surface area (Å²) in [6.45, 7) is 8.45. The maximum absolute atomic E-state index is 14.3. The van der Waals surface area contributed by atoms with Crippen LogP contribution in [0.5, 0.6) is 0 Å². The van der Waals surface area contributed by atoms with Crippen molar-refractivity contribution in [1.82, 2.24) is 0 Å². The Hall–Kier alpha value is -5.81. The number of fused-ring (bicyclic) bond motifs is 1. The Labute approximate surface area is 325 Å². The Morgan fingerprint density at radius 2 is 0.929 bits per heavy atom. The summed E-state index contributed by atoms with van der Waals surface area (Å²) in [7, 11) is 0. The lowest BCUT2D eigenvalue weighted by Crippen LogP contribution is -2.79. The Morgan fingerprint density at radius 3 is 1.36 bits per heavy atom. The predicted octanol–water partition coefficient (Wildman–Crippen LogP) is 7.04. The van der Waals surface area contributed by atoms with Gasteiger partial charge in [0.05, 0.1) is 39.2 Å². The van der Waals surface area contributed by atoms with Gasteiger partial charge in [-0.15, -0.1) is 0 Å². The van der Waals surface area contributed by atoms with E-state index in [2.05, 4.69) is 0 Å². The van der Waals surface area contributed by atoms with Crippen LogP contribution >= 0.6 is 0 Å². The molecule has 2 bridgehead atoms. The van der Waals surface area contributed by atoms with Gasteiger partial charge in [0.1, 0.15) is 23.9 Å². The molecule has 3 aliphatic rings. The zero-order valence-electron chi connectivity index (χ0n) is 31.8. The molecule has 4 aromatic rings. The van der Waals surface area contributed by atoms with Crippen molar-refractivity contribution in [3.8, 4) is 0 Å². The minimum absolute atomic E-state index is 0.0925. The van der Waals surface area contributed by atoms with Crippen LogP contribution in [0, 0.1) is 17.3 Å². The van der Waals surface area contributed by atoms with Gasteiger partial charge in [0.25, 0.3) is 0 Å². The molecule has 9 atom stereocenters. The van der Waals surface area contributed by atoms with Crippen LogP contribution in [0.2, 0.25) is 0 Å². The van der Waals surface area contributed by atoms with E-state index < -0.39 is 88.8 Å². The van der Waals surface area contributed by atoms with E-state index in [9.17, 15) is 24.0 Å². The molecule has 1 spiro atoms. The second kappa shape index (κ2) is 15.0. The number of ether oxygens (including phenoxy) is 6. The fraction of sp³-hybridized carbons (Fsp3) is 0.356. The van der Waals surface area contributed by atoms with E-state index in [1.165, 1.54) is 6.92 Å². The fourth-order valence-corrected chi connectivity index (χ4v) is 9.29. The molecule has 11 nitrogen and oxygen atoms in total. The number of esters is 5. The third-order valence-corrected chi connectivity index (χ3v) is 11.6. The Morgan fingerprint density at radius 1 is 0.536 bits per heavy atom. The van der Waals surface area contributed by atoms with Crippen molar-refractivity contribution in [3.05, 3.63) is 144 Å². The molecule has 56 heavy (non-hydrogen) atoms. The van der Waals surface area contributed by atoms with Crippen LogP contribution in [0.15, 0.2) is 121 Å². The van der Waals surface area contributed by atoms with Gasteiger partial charge in [-0.1, -0.05) is 79.7 Å². The molecule has 2 aliphatic carbocycles. The molecule has 4 aromatic carbocycles. The third kappa shape index (κ3) is 6.63. The van der Waals surface area contributed by atoms with E-state index in [-0.39, 0.29) is 28.7 Å². The zero-order valence-corrected chi connectivity index (χ0v) is 31.8. The van der Waals surface area contributed by atoms with E-state index in [1.54, 1.807) is 142 Å². The summed E-state index contributed by atoms with van der Waals surface area (Å²) in [5.74, 6) is -5.02. The minimum Gasteiger partial charge on any atom is -0.459 e. The molecular weight excluding hydrogens is 716 g/mol. The van der Waals surface area contributed by atoms with Gasteiger partial charge in [0, 0.05) is 6.92 Å². The first-order valence-electron chi connectivity index (χ1n) is 18.7. The van der Waals surface area contributed by atoms with Crippen LogP contribution in [0.25, 0.3) is 0 Å². The average molecular weight is 761 g/mol. The van der Waals surface area contributed by atoms with Crippen molar-refractivity contribution in [1.29, 1.82) is 0 Å². The monoisotopic (exact) mass is 760 g/mol. The standard InChI is InChI=1S/C45H44O11/c1-27-26-33(52-39(47)29-18-10-6-11-19-29)36(54-41(49)31-22-14-8-15-23-31)44(5)38(55-42(50)32-24-16-9-17-25-32)35(53-40(48)30-20-12-7-13-21-30)34-37(51-28(2)46)45(27,44)56-43(34,3)4/h6-25,27,33-38H,26H2,1-5H3. The van der Waals surface area contributed by atoms with Gasteiger partial charge in [0.15, 0.2) is 12.2 Å². The summed E-state index contributed by atoms with van der Waals surface area (Å²) in [5.41, 5.74) is -3.56. The van der Waals surface area contributed by atoms with Gasteiger partial charge in [-0.2, -0.15) is 0 Å². The van der Waals surface area contributed by atoms with Gasteiger partial charge >= 0.3 is 29.8 Å². The van der Waals surface area contributed by atoms with Crippen molar-refractivity contribution in [2.24, 2.45) is 17.3 Å². The minimum atomic E-state index is -1.73. The molecule has 1 aliphatic heterocycles. The van der Waals surface area contributed by atoms with E-state index in [4.69, 9.17) is 28.4 Å². The number of benzene rings is 4. The molecule has 7 rings (SSSR count). The molecule has 0 N–H and O–H groups in total. The van der Waals surface area contributed by atoms with Crippen LogP contribution in [0.3, 0.4) is 0 Å². The molecule has 11 heteroatoms. The molecule has 0 amide bonds. The predicted molar refractivity (Wildman–Crippen MR) is 201 cm³/mol. The summed E-state index contributed by atoms with van der Waals surface area (Å²) < 4.78 is 39.2. The molecule has 3 fully saturated rings. The lowest BCUT2D eigenvalue weighted by molar-refractivity contribution is -0.310. The second-order valence-corrected chi connectivity index (χ2v) is 15.4. The molecule has 290 valence electrons. The highest BCUT2D eigenvalue weighted by molar-refractivity contribution is 5.92. The number of rotatable bonds is 9. The number of hydrogen-bond acceptors (Lipinski definition) is 11. The Kier molecular flexibility index (Phi) is 10.3. The molecule has 0 aromatic heterocycles. The lowest BCUT2D eigenvalue weighted by Gasteiger charge is -2.63. The Bertz CT molecular complexity index is 2090. The van der Waals surface area contributed by atoms with Gasteiger partial charge < -0.3 is 28.4 Å². The molecular formula is C45H44O11. The SMILES string of the molecule is CC(=O)OC1C2C(OC(=O)c3ccccc3)C(OC(=O)c3ccccc3)C3(C)C(OC(=O)c4ccccc4)C(OC(=O)c4ccccc4)CC(C)C13OC2(C)C. The molecule has 1 saturated heterocycles. The first kappa shape index (κ1) is 38.5. The highest BCUT2D eigenvalue weighted by Crippen LogP contribution is 2.68. The van der Waals surface area contributed by atoms with Crippen molar-refractivity contribution < 1.29 is 52.4 Å². The van der Waals surface area contributed by atoms with Crippen molar-refractivity contribution in [2.75, 3.05) is 0 Å². The van der Waals surface area contributed by atoms with Gasteiger partial charge in [0.2, 0.25) is 0 Å². The molecule has 2 saturated carbocycles. The van der Waals surface area contributed by atoms with E-state index >= 15 is 0 Å². The summed E-state index contributed by atoms with van der Waals surface area (Å²) in [6.07, 6.45) is -6.35. The van der Waals surface area contributed by atoms with Crippen LogP contribution in [-0.4, -0.2) is 71.6 Å². The normalized spacial score (nSPS) is 29.8. The fourth-order valence-electron chi connectivity index (χ4n) is 9.29. The van der Waals surface area contributed by atoms with E-state index in [0.29, 0.717) is 0 Å². The number of hydrogen-bond donors (Lipinski definition) is 0. The summed E-state index contributed by atoms with van der Waals surface area (Å²) in [4.78, 5) is 69.5. The van der Waals surface area contributed by atoms with Gasteiger partial charge in [-0.3, -0.25) is 4.79 Å². The quantitative estimate of drug-likeness (QED) is 0.128. The first-order chi connectivity index (χ1) is 26.8. The van der Waals surface area contributed by atoms with Crippen LogP contribution < -0.4 is 0 Å². The van der Waals surface area contributed by atoms with Gasteiger partial charge in [-0.05, 0) is 81.6 Å². The smallest absolute Gasteiger partial charge is 0.338 e. The van der Waals surface area contributed by atoms with Crippen molar-refractivity contribution in [2.45, 2.75) is 82.8 Å². The third-order valence-electron chi connectivity index (χ3n) is 11.6. The second-order valence-electron chi connectivity index (χ2n) is 15.4. The average Bonchev–Trinajstić information content (AvgIpc) is 3.40. The van der Waals surface area contributed by atoms with Crippen LogP contribution in [-0.2, 0) is 33.2 Å². The molecule has 9 unspecified atom stereocenters. The summed E-state index contributed by atoms with van der Waals surface area (Å²) >= 11 is 0. The van der Waals surface area contributed by atoms with Crippen LogP contribution in [0.1, 0.15) is 82.5 Å². The van der Waals surface area contributed by atoms with Crippen molar-refractivity contribution >= 4 is 29.8 Å². The summed E-state index contributed by atoms with van der Waals surface area (Å²) in [6, 6.07) is 33.3. The van der Waals surface area contributed by atoms with Crippen LogP contribution in [0.4, 0.5) is 0 Å². The zero-order chi connectivity index (χ0) is 39.8. The maximum atomic E-state index is 14.3. The molecule has 1 heterocycles. The van der Waals surface area contributed by atoms with Crippen molar-refractivity contribution in [3.63, 3.8) is 0 Å². The number of carbonyl (C=O) groups excluding carboxylic acids is 5. The highest BCUT2D eigenvalue weighted by atomic mass is 16.6. The van der Waals surface area contributed by atoms with E-state index in [1.807, 2.05) is 6.92 Å².